The molecule has 4 rings (SSSR count). The van der Waals surface area contributed by atoms with Gasteiger partial charge >= 0.3 is 5.97 Å². The summed E-state index contributed by atoms with van der Waals surface area (Å²) in [7, 11) is 0. The first-order valence-corrected chi connectivity index (χ1v) is 11.6. The zero-order chi connectivity index (χ0) is 20.3. The van der Waals surface area contributed by atoms with E-state index in [2.05, 4.69) is 20.8 Å². The Morgan fingerprint density at radius 3 is 2.50 bits per heavy atom. The molecule has 2 N–H and O–H groups in total. The number of rotatable bonds is 4. The normalized spacial score (nSPS) is 47.6. The fourth-order valence-electron chi connectivity index (χ4n) is 8.55. The number of aliphatic hydroxyl groups is 1. The molecule has 4 heteroatoms. The molecule has 9 atom stereocenters. The predicted molar refractivity (Wildman–Crippen MR) is 108 cm³/mol. The Hall–Kier alpha value is -0.900. The third kappa shape index (κ3) is 2.97. The number of Topliss-reactive ketones (excluding diaryl/α,β-unsaturated/α-hetero) is 1. The third-order valence-electron chi connectivity index (χ3n) is 10.0. The SMILES string of the molecule is CC(CC(O)C(=O)O)[C@H]1CC[C@H]2[C@@H]3C(=O)CC4CCCC[C@]4(C)[C@H]3CC[C@]12C. The average molecular weight is 391 g/mol. The summed E-state index contributed by atoms with van der Waals surface area (Å²) in [6, 6.07) is 0. The van der Waals surface area contributed by atoms with Gasteiger partial charge in [0.05, 0.1) is 0 Å². The number of carboxylic acids is 1. The Balaban J connectivity index is 1.57. The van der Waals surface area contributed by atoms with Crippen molar-refractivity contribution in [3.05, 3.63) is 0 Å². The maximum absolute atomic E-state index is 13.3. The van der Waals surface area contributed by atoms with Gasteiger partial charge in [0.2, 0.25) is 0 Å². The maximum Gasteiger partial charge on any atom is 0.332 e. The maximum atomic E-state index is 13.3. The highest BCUT2D eigenvalue weighted by atomic mass is 16.4. The van der Waals surface area contributed by atoms with E-state index in [0.29, 0.717) is 41.3 Å². The summed E-state index contributed by atoms with van der Waals surface area (Å²) in [6.45, 7) is 6.97. The van der Waals surface area contributed by atoms with Crippen LogP contribution in [0.1, 0.15) is 85.0 Å². The number of aliphatic hydroxyl groups excluding tert-OH is 1. The van der Waals surface area contributed by atoms with Crippen LogP contribution < -0.4 is 0 Å². The monoisotopic (exact) mass is 390 g/mol. The molecule has 28 heavy (non-hydrogen) atoms. The standard InChI is InChI=1S/C24H38O4/c1-14(12-20(26)22(27)28)16-7-8-17-21-18(9-11-24(16,17)3)23(2)10-5-4-6-15(23)13-19(21)25/h14-18,20-21,26H,4-13H2,1-3H3,(H,27,28)/t14?,15?,16-,17+,18+,20?,21+,23+,24-/m1/s1. The molecule has 0 aromatic carbocycles. The number of aliphatic carboxylic acids is 1. The molecule has 4 nitrogen and oxygen atoms in total. The summed E-state index contributed by atoms with van der Waals surface area (Å²) >= 11 is 0. The number of hydrogen-bond acceptors (Lipinski definition) is 3. The van der Waals surface area contributed by atoms with E-state index in [-0.39, 0.29) is 17.3 Å². The zero-order valence-corrected chi connectivity index (χ0v) is 17.8. The lowest BCUT2D eigenvalue weighted by molar-refractivity contribution is -0.157. The molecule has 0 bridgehead atoms. The molecule has 0 aromatic heterocycles. The lowest BCUT2D eigenvalue weighted by Crippen LogP contribution is -2.56. The van der Waals surface area contributed by atoms with Crippen LogP contribution in [-0.4, -0.2) is 28.1 Å². The van der Waals surface area contributed by atoms with E-state index in [9.17, 15) is 14.7 Å². The first kappa shape index (κ1) is 20.4. The Bertz CT molecular complexity index is 645. The number of carbonyl (C=O) groups is 2. The Morgan fingerprint density at radius 2 is 1.79 bits per heavy atom. The second kappa shape index (κ2) is 7.11. The van der Waals surface area contributed by atoms with Gasteiger partial charge in [-0.25, -0.2) is 4.79 Å². The van der Waals surface area contributed by atoms with Crippen LogP contribution in [0, 0.1) is 46.3 Å². The summed E-state index contributed by atoms with van der Waals surface area (Å²) < 4.78 is 0. The molecule has 0 amide bonds. The average Bonchev–Trinajstić information content (AvgIpc) is 2.99. The van der Waals surface area contributed by atoms with Gasteiger partial charge in [0.15, 0.2) is 6.10 Å². The molecule has 4 saturated carbocycles. The third-order valence-corrected chi connectivity index (χ3v) is 10.0. The van der Waals surface area contributed by atoms with E-state index in [1.165, 1.54) is 25.7 Å². The second-order valence-corrected chi connectivity index (χ2v) is 11.2. The minimum Gasteiger partial charge on any atom is -0.479 e. The van der Waals surface area contributed by atoms with Crippen molar-refractivity contribution in [2.45, 2.75) is 91.1 Å². The van der Waals surface area contributed by atoms with Crippen molar-refractivity contribution < 1.29 is 19.8 Å². The molecule has 0 heterocycles. The largest absolute Gasteiger partial charge is 0.479 e. The van der Waals surface area contributed by atoms with Crippen LogP contribution in [0.15, 0.2) is 0 Å². The highest BCUT2D eigenvalue weighted by Crippen LogP contribution is 2.67. The minimum atomic E-state index is -1.27. The van der Waals surface area contributed by atoms with Crippen molar-refractivity contribution in [3.8, 4) is 0 Å². The molecule has 4 aliphatic rings. The number of carbonyl (C=O) groups excluding carboxylic acids is 1. The number of fused-ring (bicyclic) bond motifs is 5. The van der Waals surface area contributed by atoms with Gasteiger partial charge in [-0.15, -0.1) is 0 Å². The predicted octanol–water partition coefficient (Wildman–Crippen LogP) is 4.69. The number of carboxylic acid groups (broad SMARTS) is 1. The number of hydrogen-bond donors (Lipinski definition) is 2. The van der Waals surface area contributed by atoms with Gasteiger partial charge in [-0.1, -0.05) is 33.6 Å². The van der Waals surface area contributed by atoms with E-state index >= 15 is 0 Å². The van der Waals surface area contributed by atoms with Gasteiger partial charge in [-0.2, -0.15) is 0 Å². The molecule has 3 unspecified atom stereocenters. The molecule has 0 saturated heterocycles. The van der Waals surface area contributed by atoms with Crippen LogP contribution in [0.5, 0.6) is 0 Å². The van der Waals surface area contributed by atoms with Crippen LogP contribution in [0.2, 0.25) is 0 Å². The topological polar surface area (TPSA) is 74.6 Å². The fourth-order valence-corrected chi connectivity index (χ4v) is 8.55. The van der Waals surface area contributed by atoms with Gasteiger partial charge in [0, 0.05) is 12.3 Å². The second-order valence-electron chi connectivity index (χ2n) is 11.2. The summed E-state index contributed by atoms with van der Waals surface area (Å²) in [5.41, 5.74) is 0.466. The lowest BCUT2D eigenvalue weighted by atomic mass is 9.44. The highest BCUT2D eigenvalue weighted by molar-refractivity contribution is 5.83. The minimum absolute atomic E-state index is 0.117. The van der Waals surface area contributed by atoms with Crippen molar-refractivity contribution in [2.24, 2.45) is 46.3 Å². The van der Waals surface area contributed by atoms with Crippen molar-refractivity contribution in [1.82, 2.24) is 0 Å². The first-order chi connectivity index (χ1) is 13.2. The fraction of sp³-hybridized carbons (Fsp3) is 0.917. The summed E-state index contributed by atoms with van der Waals surface area (Å²) in [5, 5.41) is 19.0. The van der Waals surface area contributed by atoms with Gasteiger partial charge in [-0.3, -0.25) is 4.79 Å². The van der Waals surface area contributed by atoms with Gasteiger partial charge in [-0.05, 0) is 85.4 Å². The van der Waals surface area contributed by atoms with E-state index in [1.807, 2.05) is 0 Å². The summed E-state index contributed by atoms with van der Waals surface area (Å²) in [5.74, 6) is 1.83. The highest BCUT2D eigenvalue weighted by Gasteiger charge is 2.62. The van der Waals surface area contributed by atoms with Gasteiger partial charge < -0.3 is 10.2 Å². The molecule has 4 fully saturated rings. The van der Waals surface area contributed by atoms with E-state index in [0.717, 1.165) is 32.1 Å². The van der Waals surface area contributed by atoms with Crippen molar-refractivity contribution >= 4 is 11.8 Å². The summed E-state index contributed by atoms with van der Waals surface area (Å²) in [6.07, 6.45) is 9.47. The van der Waals surface area contributed by atoms with Crippen LogP contribution in [0.4, 0.5) is 0 Å². The zero-order valence-electron chi connectivity index (χ0n) is 17.8. The quantitative estimate of drug-likeness (QED) is 0.730. The molecule has 0 aliphatic heterocycles. The van der Waals surface area contributed by atoms with E-state index in [1.54, 1.807) is 0 Å². The molecule has 4 aliphatic carbocycles. The van der Waals surface area contributed by atoms with E-state index in [4.69, 9.17) is 5.11 Å². The Labute approximate surface area is 169 Å². The molecule has 0 spiro atoms. The first-order valence-electron chi connectivity index (χ1n) is 11.6. The molecular formula is C24H38O4. The van der Waals surface area contributed by atoms with E-state index < -0.39 is 12.1 Å². The smallest absolute Gasteiger partial charge is 0.332 e. The Kier molecular flexibility index (Phi) is 5.17. The summed E-state index contributed by atoms with van der Waals surface area (Å²) in [4.78, 5) is 24.5. The van der Waals surface area contributed by atoms with Gasteiger partial charge in [0.1, 0.15) is 5.78 Å². The van der Waals surface area contributed by atoms with Crippen LogP contribution in [0.25, 0.3) is 0 Å². The van der Waals surface area contributed by atoms with Crippen LogP contribution >= 0.6 is 0 Å². The molecule has 0 aromatic rings. The van der Waals surface area contributed by atoms with Crippen LogP contribution in [-0.2, 0) is 9.59 Å². The van der Waals surface area contributed by atoms with Crippen LogP contribution in [0.3, 0.4) is 0 Å². The Morgan fingerprint density at radius 1 is 1.07 bits per heavy atom. The molecule has 158 valence electrons. The van der Waals surface area contributed by atoms with Crippen molar-refractivity contribution in [2.75, 3.05) is 0 Å². The molecular weight excluding hydrogens is 352 g/mol. The van der Waals surface area contributed by atoms with Crippen molar-refractivity contribution in [3.63, 3.8) is 0 Å². The van der Waals surface area contributed by atoms with Gasteiger partial charge in [0.25, 0.3) is 0 Å². The lowest BCUT2D eigenvalue weighted by Gasteiger charge is -2.60. The van der Waals surface area contributed by atoms with Crippen molar-refractivity contribution in [1.29, 1.82) is 0 Å². The molecule has 0 radical (unpaired) electrons. The number of ketones is 1.